The molecule has 5 nitrogen and oxygen atoms in total. The molecule has 0 unspecified atom stereocenters. The van der Waals surface area contributed by atoms with E-state index >= 15 is 0 Å². The van der Waals surface area contributed by atoms with Gasteiger partial charge in [0, 0.05) is 11.6 Å². The van der Waals surface area contributed by atoms with Gasteiger partial charge in [0.25, 0.3) is 5.91 Å². The van der Waals surface area contributed by atoms with Crippen LogP contribution in [0.1, 0.15) is 49.9 Å². The number of hydrazine groups is 1. The van der Waals surface area contributed by atoms with Gasteiger partial charge in [-0.2, -0.15) is 0 Å². The van der Waals surface area contributed by atoms with E-state index in [2.05, 4.69) is 30.0 Å². The Hall–Kier alpha value is -1.53. The Kier molecular flexibility index (Phi) is 9.49. The van der Waals surface area contributed by atoms with E-state index in [-0.39, 0.29) is 5.91 Å². The predicted octanol–water partition coefficient (Wildman–Crippen LogP) is 3.67. The molecule has 0 radical (unpaired) electrons. The number of carbonyl (C=O) groups is 1. The Labute approximate surface area is 154 Å². The quantitative estimate of drug-likeness (QED) is 0.480. The highest BCUT2D eigenvalue weighted by atomic mass is 35.5. The highest BCUT2D eigenvalue weighted by molar-refractivity contribution is 7.80. The maximum Gasteiger partial charge on any atom is 0.273 e. The van der Waals surface area contributed by atoms with Crippen LogP contribution in [0.5, 0.6) is 5.75 Å². The molecular formula is C17H26ClN3O2S. The van der Waals surface area contributed by atoms with Gasteiger partial charge in [0.15, 0.2) is 5.11 Å². The van der Waals surface area contributed by atoms with Crippen LogP contribution in [0.4, 0.5) is 0 Å². The summed E-state index contributed by atoms with van der Waals surface area (Å²) in [5, 5.41) is 3.99. The molecule has 0 fully saturated rings. The SMILES string of the molecule is CCCC[C@@H](CC)CNC(=S)NNC(=O)c1cc(Cl)ccc1OC. The monoisotopic (exact) mass is 371 g/mol. The Morgan fingerprint density at radius 2 is 2.08 bits per heavy atom. The fourth-order valence-electron chi connectivity index (χ4n) is 2.26. The average Bonchev–Trinajstić information content (AvgIpc) is 2.59. The standard InChI is InChI=1S/C17H26ClN3O2S/c1-4-6-7-12(5-2)11-19-17(24)21-20-16(22)14-10-13(18)8-9-15(14)23-3/h8-10,12H,4-7,11H2,1-3H3,(H,20,22)(H2,19,21,24)/t12-/m1/s1. The van der Waals surface area contributed by atoms with Gasteiger partial charge in [-0.3, -0.25) is 15.6 Å². The first-order valence-corrected chi connectivity index (χ1v) is 8.98. The van der Waals surface area contributed by atoms with Crippen molar-refractivity contribution in [1.29, 1.82) is 0 Å². The molecule has 1 atom stereocenters. The van der Waals surface area contributed by atoms with E-state index in [4.69, 9.17) is 28.6 Å². The summed E-state index contributed by atoms with van der Waals surface area (Å²) in [7, 11) is 1.50. The van der Waals surface area contributed by atoms with Crippen LogP contribution in [-0.2, 0) is 0 Å². The van der Waals surface area contributed by atoms with Gasteiger partial charge >= 0.3 is 0 Å². The lowest BCUT2D eigenvalue weighted by Gasteiger charge is -2.17. The van der Waals surface area contributed by atoms with E-state index in [0.717, 1.165) is 13.0 Å². The van der Waals surface area contributed by atoms with Crippen LogP contribution in [0.15, 0.2) is 18.2 Å². The van der Waals surface area contributed by atoms with Crippen molar-refractivity contribution in [3.05, 3.63) is 28.8 Å². The third-order valence-electron chi connectivity index (χ3n) is 3.79. The zero-order valence-electron chi connectivity index (χ0n) is 14.4. The number of ether oxygens (including phenoxy) is 1. The molecule has 0 spiro atoms. The van der Waals surface area contributed by atoms with Gasteiger partial charge in [0.1, 0.15) is 5.75 Å². The molecule has 3 N–H and O–H groups in total. The van der Waals surface area contributed by atoms with Gasteiger partial charge in [-0.1, -0.05) is 44.7 Å². The number of hydrogen-bond donors (Lipinski definition) is 3. The molecule has 24 heavy (non-hydrogen) atoms. The van der Waals surface area contributed by atoms with E-state index < -0.39 is 0 Å². The van der Waals surface area contributed by atoms with Crippen LogP contribution in [-0.4, -0.2) is 24.7 Å². The minimum atomic E-state index is -0.364. The second-order valence-electron chi connectivity index (χ2n) is 5.55. The van der Waals surface area contributed by atoms with Gasteiger partial charge in [-0.25, -0.2) is 0 Å². The lowest BCUT2D eigenvalue weighted by Crippen LogP contribution is -2.47. The van der Waals surface area contributed by atoms with Crippen molar-refractivity contribution >= 4 is 34.8 Å². The van der Waals surface area contributed by atoms with Crippen molar-refractivity contribution in [2.45, 2.75) is 39.5 Å². The van der Waals surface area contributed by atoms with Crippen LogP contribution < -0.4 is 20.9 Å². The number of hydrogen-bond acceptors (Lipinski definition) is 3. The van der Waals surface area contributed by atoms with Crippen molar-refractivity contribution in [1.82, 2.24) is 16.2 Å². The average molecular weight is 372 g/mol. The van der Waals surface area contributed by atoms with E-state index in [1.165, 1.54) is 26.4 Å². The van der Waals surface area contributed by atoms with Crippen LogP contribution in [0.3, 0.4) is 0 Å². The number of carbonyl (C=O) groups excluding carboxylic acids is 1. The van der Waals surface area contributed by atoms with Crippen molar-refractivity contribution in [3.8, 4) is 5.75 Å². The second kappa shape index (κ2) is 11.1. The lowest BCUT2D eigenvalue weighted by molar-refractivity contribution is 0.0940. The third-order valence-corrected chi connectivity index (χ3v) is 4.27. The summed E-state index contributed by atoms with van der Waals surface area (Å²) < 4.78 is 5.16. The second-order valence-corrected chi connectivity index (χ2v) is 6.39. The lowest BCUT2D eigenvalue weighted by atomic mass is 9.99. The van der Waals surface area contributed by atoms with Gasteiger partial charge < -0.3 is 10.1 Å². The zero-order valence-corrected chi connectivity index (χ0v) is 16.0. The summed E-state index contributed by atoms with van der Waals surface area (Å²) >= 11 is 11.1. The molecule has 0 aliphatic rings. The maximum absolute atomic E-state index is 12.2. The van der Waals surface area contributed by atoms with E-state index in [0.29, 0.717) is 27.4 Å². The molecule has 1 aromatic rings. The molecule has 1 aromatic carbocycles. The van der Waals surface area contributed by atoms with Gasteiger partial charge in [-0.05, 0) is 42.8 Å². The molecule has 0 bridgehead atoms. The number of unbranched alkanes of at least 4 members (excludes halogenated alkanes) is 1. The van der Waals surface area contributed by atoms with Crippen molar-refractivity contribution < 1.29 is 9.53 Å². The summed E-state index contributed by atoms with van der Waals surface area (Å²) in [5.41, 5.74) is 5.61. The van der Waals surface area contributed by atoms with Crippen LogP contribution >= 0.6 is 23.8 Å². The van der Waals surface area contributed by atoms with Crippen molar-refractivity contribution in [2.24, 2.45) is 5.92 Å². The number of amides is 1. The zero-order chi connectivity index (χ0) is 17.9. The molecule has 134 valence electrons. The molecule has 1 rings (SSSR count). The number of benzene rings is 1. The highest BCUT2D eigenvalue weighted by Gasteiger charge is 2.13. The van der Waals surface area contributed by atoms with Crippen molar-refractivity contribution in [3.63, 3.8) is 0 Å². The third kappa shape index (κ3) is 6.93. The van der Waals surface area contributed by atoms with E-state index in [9.17, 15) is 4.79 Å². The largest absolute Gasteiger partial charge is 0.496 e. The minimum absolute atomic E-state index is 0.342. The van der Waals surface area contributed by atoms with Crippen LogP contribution in [0.25, 0.3) is 0 Å². The fraction of sp³-hybridized carbons (Fsp3) is 0.529. The first kappa shape index (κ1) is 20.5. The first-order valence-electron chi connectivity index (χ1n) is 8.19. The number of nitrogens with one attached hydrogen (secondary N) is 3. The summed E-state index contributed by atoms with van der Waals surface area (Å²) in [5.74, 6) is 0.660. The number of rotatable bonds is 8. The molecule has 7 heteroatoms. The Morgan fingerprint density at radius 1 is 1.33 bits per heavy atom. The molecule has 0 aromatic heterocycles. The number of halogens is 1. The summed E-state index contributed by atoms with van der Waals surface area (Å²) in [6, 6.07) is 4.86. The normalized spacial score (nSPS) is 11.5. The Balaban J connectivity index is 2.46. The summed E-state index contributed by atoms with van der Waals surface area (Å²) in [4.78, 5) is 12.2. The number of methoxy groups -OCH3 is 1. The molecule has 0 aliphatic carbocycles. The highest BCUT2D eigenvalue weighted by Crippen LogP contribution is 2.22. The molecule has 1 amide bonds. The van der Waals surface area contributed by atoms with Crippen LogP contribution in [0.2, 0.25) is 5.02 Å². The summed E-state index contributed by atoms with van der Waals surface area (Å²) in [6.45, 7) is 5.15. The minimum Gasteiger partial charge on any atom is -0.496 e. The van der Waals surface area contributed by atoms with Crippen molar-refractivity contribution in [2.75, 3.05) is 13.7 Å². The fourth-order valence-corrected chi connectivity index (χ4v) is 2.57. The van der Waals surface area contributed by atoms with E-state index in [1.54, 1.807) is 18.2 Å². The van der Waals surface area contributed by atoms with Gasteiger partial charge in [-0.15, -0.1) is 0 Å². The molecule has 0 saturated carbocycles. The topological polar surface area (TPSA) is 62.4 Å². The molecule has 0 saturated heterocycles. The van der Waals surface area contributed by atoms with E-state index in [1.807, 2.05) is 0 Å². The Morgan fingerprint density at radius 3 is 2.71 bits per heavy atom. The van der Waals surface area contributed by atoms with Crippen LogP contribution in [0, 0.1) is 5.92 Å². The molecular weight excluding hydrogens is 346 g/mol. The smallest absolute Gasteiger partial charge is 0.273 e. The summed E-state index contributed by atoms with van der Waals surface area (Å²) in [6.07, 6.45) is 4.68. The molecule has 0 heterocycles. The maximum atomic E-state index is 12.2. The Bertz CT molecular complexity index is 555. The predicted molar refractivity (Wildman–Crippen MR) is 103 cm³/mol. The van der Waals surface area contributed by atoms with Gasteiger partial charge in [0.2, 0.25) is 0 Å². The number of thiocarbonyl (C=S) groups is 1. The van der Waals surface area contributed by atoms with Gasteiger partial charge in [0.05, 0.1) is 12.7 Å². The first-order chi connectivity index (χ1) is 11.5. The molecule has 0 aliphatic heterocycles.